The summed E-state index contributed by atoms with van der Waals surface area (Å²) in [6, 6.07) is 34.1. The predicted molar refractivity (Wildman–Crippen MR) is 287 cm³/mol. The molecule has 0 radical (unpaired) electrons. The minimum absolute atomic E-state index is 0.226. The van der Waals surface area contributed by atoms with Gasteiger partial charge in [-0.1, -0.05) is 122 Å². The van der Waals surface area contributed by atoms with Crippen molar-refractivity contribution in [1.82, 2.24) is 19.8 Å². The molecule has 0 saturated carbocycles. The lowest BCUT2D eigenvalue weighted by Gasteiger charge is -2.47. The van der Waals surface area contributed by atoms with E-state index in [0.717, 1.165) is 33.4 Å². The van der Waals surface area contributed by atoms with E-state index in [9.17, 15) is 19.2 Å². The Morgan fingerprint density at radius 3 is 1.07 bits per heavy atom. The highest BCUT2D eigenvalue weighted by atomic mass is 35.5. The van der Waals surface area contributed by atoms with E-state index in [4.69, 9.17) is 65.4 Å². The fourth-order valence-corrected chi connectivity index (χ4v) is 10.0. The van der Waals surface area contributed by atoms with E-state index < -0.39 is 60.5 Å². The lowest BCUT2D eigenvalue weighted by Crippen LogP contribution is -2.57. The second-order valence-corrected chi connectivity index (χ2v) is 19.7. The Morgan fingerprint density at radius 1 is 0.486 bits per heavy atom. The third-order valence-electron chi connectivity index (χ3n) is 12.9. The van der Waals surface area contributed by atoms with Crippen LogP contribution in [0.25, 0.3) is 0 Å². The van der Waals surface area contributed by atoms with Crippen LogP contribution < -0.4 is 0 Å². The maximum absolute atomic E-state index is 14.2. The molecule has 0 bridgehead atoms. The second kappa shape index (κ2) is 27.1. The summed E-state index contributed by atoms with van der Waals surface area (Å²) >= 11 is 24.8. The number of carbonyl (C=O) groups excluding carboxylic acids is 4. The number of nitrogens with zero attached hydrogens (tertiary/aromatic N) is 4. The van der Waals surface area contributed by atoms with Gasteiger partial charge in [0.15, 0.2) is 0 Å². The van der Waals surface area contributed by atoms with Gasteiger partial charge in [-0.25, -0.2) is 9.59 Å². The first-order valence-electron chi connectivity index (χ1n) is 24.9. The smallest absolute Gasteiger partial charge is 0.328 e. The van der Waals surface area contributed by atoms with Crippen LogP contribution in [0.3, 0.4) is 0 Å². The largest absolute Gasteiger partial charge is 0.464 e. The van der Waals surface area contributed by atoms with Crippen LogP contribution in [-0.2, 0) is 51.0 Å². The number of aromatic nitrogens is 2. The molecule has 2 aliphatic rings. The Morgan fingerprint density at radius 2 is 0.784 bits per heavy atom. The van der Waals surface area contributed by atoms with Crippen molar-refractivity contribution in [3.05, 3.63) is 200 Å². The van der Waals surface area contributed by atoms with Crippen molar-refractivity contribution in [2.24, 2.45) is 0 Å². The molecule has 0 spiro atoms. The second-order valence-electron chi connectivity index (χ2n) is 17.9. The van der Waals surface area contributed by atoms with Gasteiger partial charge < -0.3 is 28.7 Å². The summed E-state index contributed by atoms with van der Waals surface area (Å²) < 4.78 is 24.1. The molecule has 0 N–H and O–H groups in total. The third-order valence-corrected chi connectivity index (χ3v) is 13.9. The van der Waals surface area contributed by atoms with E-state index in [0.29, 0.717) is 58.6 Å². The van der Waals surface area contributed by atoms with Crippen LogP contribution in [0, 0.1) is 0 Å². The molecule has 388 valence electrons. The molecule has 2 amide bonds. The van der Waals surface area contributed by atoms with Crippen molar-refractivity contribution in [2.45, 2.75) is 115 Å². The fourth-order valence-electron chi connectivity index (χ4n) is 9.53. The van der Waals surface area contributed by atoms with Crippen molar-refractivity contribution in [1.29, 1.82) is 0 Å². The van der Waals surface area contributed by atoms with Gasteiger partial charge in [0.05, 0.1) is 25.3 Å². The molecular weight excluding hydrogens is 1020 g/mol. The molecule has 12 nitrogen and oxygen atoms in total. The molecule has 2 fully saturated rings. The number of carbonyl (C=O) groups is 4. The number of hydrogen-bond acceptors (Lipinski definition) is 10. The molecule has 2 aromatic heterocycles. The zero-order chi connectivity index (χ0) is 52.7. The molecule has 8 atom stereocenters. The van der Waals surface area contributed by atoms with E-state index in [1.165, 1.54) is 0 Å². The normalized spacial score (nSPS) is 20.5. The number of benzene rings is 4. The summed E-state index contributed by atoms with van der Waals surface area (Å²) in [5.74, 6) is -1.35. The summed E-state index contributed by atoms with van der Waals surface area (Å²) in [5, 5.41) is 2.35. The molecule has 2 saturated heterocycles. The number of hydrogen-bond donors (Lipinski definition) is 0. The van der Waals surface area contributed by atoms with Gasteiger partial charge in [0.2, 0.25) is 0 Å². The predicted octanol–water partition coefficient (Wildman–Crippen LogP) is 12.7. The fraction of sp³-hybridized carbons (Fsp3) is 0.345. The number of morpholine rings is 2. The van der Waals surface area contributed by atoms with Gasteiger partial charge in [0, 0.05) is 57.7 Å². The molecule has 4 aromatic carbocycles. The summed E-state index contributed by atoms with van der Waals surface area (Å²) in [5.41, 5.74) is 5.14. The molecule has 16 heteroatoms. The van der Waals surface area contributed by atoms with Gasteiger partial charge >= 0.3 is 11.9 Å². The van der Waals surface area contributed by atoms with Gasteiger partial charge in [0.1, 0.15) is 36.5 Å². The molecule has 0 aliphatic carbocycles. The number of rotatable bonds is 18. The molecule has 6 aromatic rings. The Hall–Kier alpha value is -5.86. The Labute approximate surface area is 453 Å². The first-order valence-corrected chi connectivity index (χ1v) is 26.4. The average Bonchev–Trinajstić information content (AvgIpc) is 3.40. The highest BCUT2D eigenvalue weighted by molar-refractivity contribution is 6.31. The van der Waals surface area contributed by atoms with Crippen LogP contribution in [0.4, 0.5) is 0 Å². The lowest BCUT2D eigenvalue weighted by molar-refractivity contribution is -0.186. The molecule has 2 aliphatic heterocycles. The zero-order valence-corrected chi connectivity index (χ0v) is 44.7. The van der Waals surface area contributed by atoms with Crippen LogP contribution in [0.2, 0.25) is 20.1 Å². The zero-order valence-electron chi connectivity index (χ0n) is 41.7. The van der Waals surface area contributed by atoms with Gasteiger partial charge in [-0.15, -0.1) is 0 Å². The van der Waals surface area contributed by atoms with Crippen LogP contribution in [0.1, 0.15) is 111 Å². The van der Waals surface area contributed by atoms with Crippen LogP contribution in [-0.4, -0.2) is 81.0 Å². The SMILES string of the molecule is CCC[C@@H](C(=O)OCC)N1C(=O)[C@@H](Cc2ccncc2)O[C@H](c2ccc(Cl)cc2)C1c1ccc(Cl)cc1.CCC[C@H](C(=O)OCC)N1C(=O)[C@H](Cc2ccncc2)O[C@@H](c2ccc(Cl)cc2)C1c1ccc(Cl)cc1. The minimum Gasteiger partial charge on any atom is -0.464 e. The molecule has 74 heavy (non-hydrogen) atoms. The van der Waals surface area contributed by atoms with E-state index in [1.807, 2.05) is 86.6 Å². The van der Waals surface area contributed by atoms with Crippen molar-refractivity contribution in [3.63, 3.8) is 0 Å². The molecule has 4 heterocycles. The number of halogens is 4. The molecule has 8 rings (SSSR count). The number of ether oxygens (including phenoxy) is 4. The van der Waals surface area contributed by atoms with Gasteiger partial charge in [-0.05, 0) is 133 Å². The average molecular weight is 1080 g/mol. The van der Waals surface area contributed by atoms with Gasteiger partial charge in [-0.3, -0.25) is 19.6 Å². The Kier molecular flexibility index (Phi) is 20.5. The van der Waals surface area contributed by atoms with Crippen molar-refractivity contribution in [2.75, 3.05) is 13.2 Å². The standard InChI is InChI=1S/2C29H30Cl2N2O4/c2*1-3-5-24(29(35)36-4-2)33-26(20-6-10-22(30)11-7-20)27(21-8-12-23(31)13-9-21)37-25(28(33)34)18-19-14-16-32-17-15-19/h2*6-17,24-27H,3-5,18H2,1-2H3/t2*24-,25+,26?,27+/m10/s1. The van der Waals surface area contributed by atoms with E-state index in [2.05, 4.69) is 9.97 Å². The lowest BCUT2D eigenvalue weighted by atomic mass is 9.88. The number of esters is 2. The van der Waals surface area contributed by atoms with E-state index in [1.54, 1.807) is 97.0 Å². The third kappa shape index (κ3) is 13.9. The van der Waals surface area contributed by atoms with Crippen LogP contribution >= 0.6 is 46.4 Å². The van der Waals surface area contributed by atoms with E-state index in [-0.39, 0.29) is 25.0 Å². The van der Waals surface area contributed by atoms with Crippen molar-refractivity contribution in [3.8, 4) is 0 Å². The highest BCUT2D eigenvalue weighted by Gasteiger charge is 2.50. The van der Waals surface area contributed by atoms with Crippen molar-refractivity contribution >= 4 is 70.2 Å². The number of amides is 2. The van der Waals surface area contributed by atoms with Crippen LogP contribution in [0.5, 0.6) is 0 Å². The Balaban J connectivity index is 0.000000216. The first-order chi connectivity index (χ1) is 35.8. The summed E-state index contributed by atoms with van der Waals surface area (Å²) in [6.45, 7) is 7.95. The minimum atomic E-state index is -0.805. The Bertz CT molecular complexity index is 2570. The van der Waals surface area contributed by atoms with Crippen LogP contribution in [0.15, 0.2) is 146 Å². The monoisotopic (exact) mass is 1080 g/mol. The summed E-state index contributed by atoms with van der Waals surface area (Å²) in [7, 11) is 0. The highest BCUT2D eigenvalue weighted by Crippen LogP contribution is 2.46. The topological polar surface area (TPSA) is 137 Å². The maximum atomic E-state index is 14.2. The summed E-state index contributed by atoms with van der Waals surface area (Å²) in [4.78, 5) is 66.4. The summed E-state index contributed by atoms with van der Waals surface area (Å²) in [6.07, 6.45) is 7.02. The number of pyridine rings is 2. The van der Waals surface area contributed by atoms with Gasteiger partial charge in [0.25, 0.3) is 11.8 Å². The van der Waals surface area contributed by atoms with E-state index >= 15 is 0 Å². The molecular formula is C58H60Cl4N4O8. The first kappa shape index (κ1) is 55.9. The maximum Gasteiger partial charge on any atom is 0.328 e. The molecule has 2 unspecified atom stereocenters. The van der Waals surface area contributed by atoms with Gasteiger partial charge in [-0.2, -0.15) is 0 Å². The quantitative estimate of drug-likeness (QED) is 0.0765. The van der Waals surface area contributed by atoms with Crippen molar-refractivity contribution < 1.29 is 38.1 Å².